The lowest BCUT2D eigenvalue weighted by Gasteiger charge is -2.13. The lowest BCUT2D eigenvalue weighted by atomic mass is 10.1. The van der Waals surface area contributed by atoms with Gasteiger partial charge in [0.25, 0.3) is 0 Å². The van der Waals surface area contributed by atoms with Gasteiger partial charge in [0.05, 0.1) is 12.6 Å². The second-order valence-corrected chi connectivity index (χ2v) is 5.95. The molecule has 1 unspecified atom stereocenters. The zero-order valence-corrected chi connectivity index (χ0v) is 17.5. The van der Waals surface area contributed by atoms with Gasteiger partial charge in [-0.25, -0.2) is 4.39 Å². The molecule has 4 nitrogen and oxygen atoms in total. The highest BCUT2D eigenvalue weighted by molar-refractivity contribution is 14.0. The highest BCUT2D eigenvalue weighted by Crippen LogP contribution is 2.13. The number of rotatable bonds is 7. The molecular formula is C20H27FIN3O. The predicted octanol–water partition coefficient (Wildman–Crippen LogP) is 3.58. The highest BCUT2D eigenvalue weighted by atomic mass is 127. The van der Waals surface area contributed by atoms with Crippen molar-refractivity contribution in [3.05, 3.63) is 71.0 Å². The van der Waals surface area contributed by atoms with Gasteiger partial charge in [-0.2, -0.15) is 0 Å². The summed E-state index contributed by atoms with van der Waals surface area (Å²) in [7, 11) is 0. The van der Waals surface area contributed by atoms with Gasteiger partial charge in [0.1, 0.15) is 5.82 Å². The normalized spacial score (nSPS) is 12.2. The molecule has 0 spiro atoms. The standard InChI is InChI=1S/C20H26FN3O.HI/c1-3-22-20(23-13-12-16-6-10-18(21)11-7-16)24-14-19(25)17-8-4-15(2)5-9-17;/h4-11,19,25H,3,12-14H2,1-2H3,(H2,22,23,24);1H. The van der Waals surface area contributed by atoms with Gasteiger partial charge in [0.15, 0.2) is 5.96 Å². The molecule has 26 heavy (non-hydrogen) atoms. The SMILES string of the molecule is CCNC(=NCC(O)c1ccc(C)cc1)NCCc1ccc(F)cc1.I. The molecule has 0 heterocycles. The van der Waals surface area contributed by atoms with Crippen molar-refractivity contribution in [2.45, 2.75) is 26.4 Å². The minimum absolute atomic E-state index is 0. The van der Waals surface area contributed by atoms with Crippen molar-refractivity contribution < 1.29 is 9.50 Å². The summed E-state index contributed by atoms with van der Waals surface area (Å²) in [6.07, 6.45) is 0.138. The molecule has 2 aromatic carbocycles. The number of hydrogen-bond acceptors (Lipinski definition) is 2. The first-order chi connectivity index (χ1) is 12.1. The quantitative estimate of drug-likeness (QED) is 0.329. The molecule has 0 amide bonds. The fraction of sp³-hybridized carbons (Fsp3) is 0.350. The Bertz CT molecular complexity index is 674. The molecule has 0 radical (unpaired) electrons. The topological polar surface area (TPSA) is 56.7 Å². The van der Waals surface area contributed by atoms with Crippen molar-refractivity contribution in [2.75, 3.05) is 19.6 Å². The average Bonchev–Trinajstić information content (AvgIpc) is 2.61. The summed E-state index contributed by atoms with van der Waals surface area (Å²) in [4.78, 5) is 4.44. The molecular weight excluding hydrogens is 444 g/mol. The number of aliphatic hydroxyl groups excluding tert-OH is 1. The summed E-state index contributed by atoms with van der Waals surface area (Å²) in [5.41, 5.74) is 3.08. The number of guanidine groups is 1. The Morgan fingerprint density at radius 3 is 2.35 bits per heavy atom. The van der Waals surface area contributed by atoms with E-state index in [0.29, 0.717) is 12.5 Å². The van der Waals surface area contributed by atoms with Gasteiger partial charge in [-0.05, 0) is 43.5 Å². The Morgan fingerprint density at radius 2 is 1.73 bits per heavy atom. The van der Waals surface area contributed by atoms with E-state index in [1.807, 2.05) is 38.1 Å². The molecule has 0 aliphatic heterocycles. The van der Waals surface area contributed by atoms with E-state index in [1.54, 1.807) is 12.1 Å². The number of halogens is 2. The molecule has 2 aromatic rings. The monoisotopic (exact) mass is 471 g/mol. The Hall–Kier alpha value is -1.67. The Labute approximate surface area is 172 Å². The number of aryl methyl sites for hydroxylation is 1. The van der Waals surface area contributed by atoms with Crippen molar-refractivity contribution >= 4 is 29.9 Å². The minimum atomic E-state index is -0.631. The second kappa shape index (κ2) is 11.9. The lowest BCUT2D eigenvalue weighted by molar-refractivity contribution is 0.187. The highest BCUT2D eigenvalue weighted by Gasteiger charge is 2.07. The van der Waals surface area contributed by atoms with Crippen LogP contribution in [0.1, 0.15) is 29.7 Å². The van der Waals surface area contributed by atoms with Crippen LogP contribution in [-0.4, -0.2) is 30.7 Å². The molecule has 1 atom stereocenters. The molecule has 6 heteroatoms. The van der Waals surface area contributed by atoms with E-state index in [4.69, 9.17) is 0 Å². The zero-order chi connectivity index (χ0) is 18.1. The maximum atomic E-state index is 12.9. The molecule has 0 aliphatic rings. The first-order valence-electron chi connectivity index (χ1n) is 8.59. The molecule has 0 aliphatic carbocycles. The van der Waals surface area contributed by atoms with Crippen molar-refractivity contribution in [3.8, 4) is 0 Å². The van der Waals surface area contributed by atoms with Crippen LogP contribution in [0, 0.1) is 12.7 Å². The summed E-state index contributed by atoms with van der Waals surface area (Å²) in [5.74, 6) is 0.437. The molecule has 2 rings (SSSR count). The van der Waals surface area contributed by atoms with E-state index in [-0.39, 0.29) is 36.3 Å². The summed E-state index contributed by atoms with van der Waals surface area (Å²) < 4.78 is 12.9. The van der Waals surface area contributed by atoms with Gasteiger partial charge in [0.2, 0.25) is 0 Å². The fourth-order valence-electron chi connectivity index (χ4n) is 2.39. The van der Waals surface area contributed by atoms with Gasteiger partial charge >= 0.3 is 0 Å². The number of hydrogen-bond donors (Lipinski definition) is 3. The molecule has 0 saturated heterocycles. The Morgan fingerprint density at radius 1 is 1.08 bits per heavy atom. The zero-order valence-electron chi connectivity index (χ0n) is 15.2. The molecule has 3 N–H and O–H groups in total. The van der Waals surface area contributed by atoms with Crippen LogP contribution in [0.4, 0.5) is 4.39 Å². The molecule has 0 saturated carbocycles. The third-order valence-electron chi connectivity index (χ3n) is 3.85. The molecule has 0 bridgehead atoms. The van der Waals surface area contributed by atoms with E-state index in [1.165, 1.54) is 12.1 Å². The van der Waals surface area contributed by atoms with Crippen LogP contribution < -0.4 is 10.6 Å². The van der Waals surface area contributed by atoms with Crippen LogP contribution in [0.5, 0.6) is 0 Å². The Kier molecular flexibility index (Phi) is 10.2. The van der Waals surface area contributed by atoms with Crippen LogP contribution in [0.3, 0.4) is 0 Å². The number of nitrogens with one attached hydrogen (secondary N) is 2. The van der Waals surface area contributed by atoms with Crippen LogP contribution in [0.2, 0.25) is 0 Å². The smallest absolute Gasteiger partial charge is 0.191 e. The number of nitrogens with zero attached hydrogens (tertiary/aromatic N) is 1. The van der Waals surface area contributed by atoms with Crippen molar-refractivity contribution in [1.29, 1.82) is 0 Å². The van der Waals surface area contributed by atoms with Crippen LogP contribution in [0.15, 0.2) is 53.5 Å². The van der Waals surface area contributed by atoms with Gasteiger partial charge in [0, 0.05) is 13.1 Å². The van der Waals surface area contributed by atoms with Crippen LogP contribution in [0.25, 0.3) is 0 Å². The van der Waals surface area contributed by atoms with Crippen molar-refractivity contribution in [2.24, 2.45) is 4.99 Å². The maximum Gasteiger partial charge on any atom is 0.191 e. The maximum absolute atomic E-state index is 12.9. The largest absolute Gasteiger partial charge is 0.386 e. The average molecular weight is 471 g/mol. The minimum Gasteiger partial charge on any atom is -0.386 e. The summed E-state index contributed by atoms with van der Waals surface area (Å²) in [6.45, 7) is 5.71. The van der Waals surface area contributed by atoms with Crippen molar-refractivity contribution in [1.82, 2.24) is 10.6 Å². The lowest BCUT2D eigenvalue weighted by Crippen LogP contribution is -2.38. The first kappa shape index (κ1) is 22.4. The van der Waals surface area contributed by atoms with Gasteiger partial charge in [-0.3, -0.25) is 4.99 Å². The van der Waals surface area contributed by atoms with E-state index < -0.39 is 6.10 Å². The Balaban J connectivity index is 0.00000338. The van der Waals surface area contributed by atoms with E-state index in [0.717, 1.165) is 29.7 Å². The fourth-order valence-corrected chi connectivity index (χ4v) is 2.39. The van der Waals surface area contributed by atoms with E-state index in [9.17, 15) is 9.50 Å². The molecule has 0 fully saturated rings. The predicted molar refractivity (Wildman–Crippen MR) is 116 cm³/mol. The number of benzene rings is 2. The third-order valence-corrected chi connectivity index (χ3v) is 3.85. The van der Waals surface area contributed by atoms with Gasteiger partial charge < -0.3 is 15.7 Å². The van der Waals surface area contributed by atoms with Crippen molar-refractivity contribution in [3.63, 3.8) is 0 Å². The van der Waals surface area contributed by atoms with Gasteiger partial charge in [-0.15, -0.1) is 24.0 Å². The van der Waals surface area contributed by atoms with Gasteiger partial charge in [-0.1, -0.05) is 42.0 Å². The summed E-state index contributed by atoms with van der Waals surface area (Å²) >= 11 is 0. The van der Waals surface area contributed by atoms with Crippen LogP contribution >= 0.6 is 24.0 Å². The molecule has 142 valence electrons. The van der Waals surface area contributed by atoms with E-state index >= 15 is 0 Å². The summed E-state index contributed by atoms with van der Waals surface area (Å²) in [5, 5.41) is 16.7. The second-order valence-electron chi connectivity index (χ2n) is 5.95. The summed E-state index contributed by atoms with van der Waals surface area (Å²) in [6, 6.07) is 14.3. The molecule has 0 aromatic heterocycles. The van der Waals surface area contributed by atoms with Crippen LogP contribution in [-0.2, 0) is 6.42 Å². The number of aliphatic hydroxyl groups is 1. The first-order valence-corrected chi connectivity index (χ1v) is 8.59. The van der Waals surface area contributed by atoms with E-state index in [2.05, 4.69) is 15.6 Å². The third kappa shape index (κ3) is 7.70. The number of aliphatic imine (C=N–C) groups is 1.